The van der Waals surface area contributed by atoms with E-state index in [4.69, 9.17) is 13.6 Å². The summed E-state index contributed by atoms with van der Waals surface area (Å²) in [5.41, 5.74) is 6.10. The molecule has 0 saturated heterocycles. The van der Waals surface area contributed by atoms with Gasteiger partial charge in [0.1, 0.15) is 16.9 Å². The van der Waals surface area contributed by atoms with Gasteiger partial charge in [-0.3, -0.25) is 0 Å². The van der Waals surface area contributed by atoms with Gasteiger partial charge in [0.05, 0.1) is 18.8 Å². The summed E-state index contributed by atoms with van der Waals surface area (Å²) in [6.07, 6.45) is 1.78. The van der Waals surface area contributed by atoms with E-state index >= 15 is 0 Å². The lowest BCUT2D eigenvalue weighted by Gasteiger charge is -2.08. The summed E-state index contributed by atoms with van der Waals surface area (Å²) in [6, 6.07) is 26.3. The number of ether oxygens (including phenoxy) is 1. The Labute approximate surface area is 189 Å². The first-order valence-electron chi connectivity index (χ1n) is 10.8. The van der Waals surface area contributed by atoms with Gasteiger partial charge in [-0.05, 0) is 47.9 Å². The number of hydrogen-bond donors (Lipinski definition) is 0. The Morgan fingerprint density at radius 3 is 2.18 bits per heavy atom. The number of benzene rings is 4. The van der Waals surface area contributed by atoms with E-state index in [1.807, 2.05) is 37.3 Å². The second-order valence-corrected chi connectivity index (χ2v) is 8.15. The number of methoxy groups -OCH3 is 1. The normalized spacial score (nSPS) is 11.5. The van der Waals surface area contributed by atoms with E-state index < -0.39 is 0 Å². The van der Waals surface area contributed by atoms with E-state index in [0.717, 1.165) is 44.0 Å². The van der Waals surface area contributed by atoms with Gasteiger partial charge in [-0.2, -0.15) is 0 Å². The summed E-state index contributed by atoms with van der Waals surface area (Å²) in [6.45, 7) is 1.93. The maximum absolute atomic E-state index is 12.7. The Kier molecular flexibility index (Phi) is 4.34. The molecule has 0 fully saturated rings. The zero-order valence-corrected chi connectivity index (χ0v) is 18.2. The molecule has 0 bridgehead atoms. The highest BCUT2D eigenvalue weighted by molar-refractivity contribution is 6.12. The van der Waals surface area contributed by atoms with Crippen LogP contribution >= 0.6 is 0 Å². The maximum Gasteiger partial charge on any atom is 0.344 e. The van der Waals surface area contributed by atoms with Crippen LogP contribution in [0.25, 0.3) is 55.0 Å². The van der Waals surface area contributed by atoms with Gasteiger partial charge >= 0.3 is 5.63 Å². The van der Waals surface area contributed by atoms with Gasteiger partial charge in [-0.15, -0.1) is 0 Å². The second kappa shape index (κ2) is 7.38. The third kappa shape index (κ3) is 3.03. The standard InChI is InChI=1S/C29H20O4/c1-17-27-24(15-23-22-13-12-21(31-2)14-25(22)29(30)33-28(17)23)26(16-32-27)20-10-8-19(9-11-20)18-6-4-3-5-7-18/h3-16H,1-2H3. The topological polar surface area (TPSA) is 52.6 Å². The average molecular weight is 432 g/mol. The van der Waals surface area contributed by atoms with E-state index in [9.17, 15) is 4.79 Å². The minimum Gasteiger partial charge on any atom is -0.497 e. The lowest BCUT2D eigenvalue weighted by atomic mass is 9.97. The molecule has 6 rings (SSSR count). The summed E-state index contributed by atoms with van der Waals surface area (Å²) < 4.78 is 17.0. The Morgan fingerprint density at radius 2 is 1.42 bits per heavy atom. The zero-order valence-electron chi connectivity index (χ0n) is 18.2. The van der Waals surface area contributed by atoms with Crippen LogP contribution in [0.1, 0.15) is 5.56 Å². The van der Waals surface area contributed by atoms with Crippen LogP contribution in [0.3, 0.4) is 0 Å². The molecule has 160 valence electrons. The summed E-state index contributed by atoms with van der Waals surface area (Å²) >= 11 is 0. The van der Waals surface area contributed by atoms with Gasteiger partial charge in [-0.25, -0.2) is 4.79 Å². The Morgan fingerprint density at radius 1 is 0.697 bits per heavy atom. The molecule has 4 aromatic carbocycles. The molecule has 6 aromatic rings. The van der Waals surface area contributed by atoms with Crippen LogP contribution in [0, 0.1) is 6.92 Å². The van der Waals surface area contributed by atoms with Crippen LogP contribution in [-0.2, 0) is 0 Å². The van der Waals surface area contributed by atoms with Crippen molar-refractivity contribution in [3.63, 3.8) is 0 Å². The molecule has 0 atom stereocenters. The van der Waals surface area contributed by atoms with Crippen molar-refractivity contribution < 1.29 is 13.6 Å². The number of furan rings is 1. The smallest absolute Gasteiger partial charge is 0.344 e. The number of aryl methyl sites for hydroxylation is 1. The van der Waals surface area contributed by atoms with E-state index in [1.165, 1.54) is 5.56 Å². The quantitative estimate of drug-likeness (QED) is 0.217. The number of rotatable bonds is 3. The van der Waals surface area contributed by atoms with E-state index in [1.54, 1.807) is 19.4 Å². The van der Waals surface area contributed by atoms with E-state index in [2.05, 4.69) is 42.5 Å². The van der Waals surface area contributed by atoms with Gasteiger partial charge in [0.15, 0.2) is 0 Å². The predicted molar refractivity (Wildman–Crippen MR) is 132 cm³/mol. The van der Waals surface area contributed by atoms with Crippen molar-refractivity contribution >= 4 is 32.7 Å². The minimum atomic E-state index is -0.387. The molecule has 4 heteroatoms. The van der Waals surface area contributed by atoms with Crippen molar-refractivity contribution in [3.8, 4) is 28.0 Å². The van der Waals surface area contributed by atoms with Crippen molar-refractivity contribution in [1.82, 2.24) is 0 Å². The molecule has 0 spiro atoms. The maximum atomic E-state index is 12.7. The average Bonchev–Trinajstić information content (AvgIpc) is 3.30. The molecule has 0 N–H and O–H groups in total. The molecule has 0 aliphatic carbocycles. The third-order valence-electron chi connectivity index (χ3n) is 6.28. The predicted octanol–water partition coefficient (Wildman–Crippen LogP) is 7.34. The summed E-state index contributed by atoms with van der Waals surface area (Å²) in [5, 5.41) is 3.19. The van der Waals surface area contributed by atoms with E-state index in [0.29, 0.717) is 16.7 Å². The van der Waals surface area contributed by atoms with Crippen molar-refractivity contribution in [1.29, 1.82) is 0 Å². The molecule has 0 aliphatic heterocycles. The molecular weight excluding hydrogens is 412 g/mol. The molecule has 0 radical (unpaired) electrons. The van der Waals surface area contributed by atoms with Crippen LogP contribution in [-0.4, -0.2) is 7.11 Å². The molecular formula is C29H20O4. The van der Waals surface area contributed by atoms with Crippen LogP contribution in [0.5, 0.6) is 5.75 Å². The van der Waals surface area contributed by atoms with Crippen LogP contribution in [0.2, 0.25) is 0 Å². The van der Waals surface area contributed by atoms with Crippen molar-refractivity contribution in [2.75, 3.05) is 7.11 Å². The summed E-state index contributed by atoms with van der Waals surface area (Å²) in [4.78, 5) is 12.7. The monoisotopic (exact) mass is 432 g/mol. The molecule has 0 unspecified atom stereocenters. The highest BCUT2D eigenvalue weighted by Crippen LogP contribution is 2.38. The number of hydrogen-bond acceptors (Lipinski definition) is 4. The first-order valence-corrected chi connectivity index (χ1v) is 10.8. The molecule has 0 amide bonds. The SMILES string of the molecule is COc1ccc2c(c1)c(=O)oc1c(C)c3occ(-c4ccc(-c5ccccc5)cc4)c3cc12. The molecule has 33 heavy (non-hydrogen) atoms. The highest BCUT2D eigenvalue weighted by atomic mass is 16.5. The van der Waals surface area contributed by atoms with E-state index in [-0.39, 0.29) is 5.63 Å². The first-order chi connectivity index (χ1) is 16.1. The summed E-state index contributed by atoms with van der Waals surface area (Å²) in [5.74, 6) is 0.620. The third-order valence-corrected chi connectivity index (χ3v) is 6.28. The Hall–Kier alpha value is -4.31. The van der Waals surface area contributed by atoms with Crippen molar-refractivity contribution in [2.45, 2.75) is 6.92 Å². The minimum absolute atomic E-state index is 0.387. The molecule has 2 aromatic heterocycles. The van der Waals surface area contributed by atoms with Gasteiger partial charge in [0, 0.05) is 27.3 Å². The van der Waals surface area contributed by atoms with Crippen molar-refractivity contribution in [2.24, 2.45) is 0 Å². The van der Waals surface area contributed by atoms with Crippen LogP contribution in [0.15, 0.2) is 98.8 Å². The van der Waals surface area contributed by atoms with Gasteiger partial charge < -0.3 is 13.6 Å². The molecule has 4 nitrogen and oxygen atoms in total. The van der Waals surface area contributed by atoms with Gasteiger partial charge in [0.25, 0.3) is 0 Å². The van der Waals surface area contributed by atoms with Crippen LogP contribution in [0.4, 0.5) is 0 Å². The first kappa shape index (κ1) is 19.4. The van der Waals surface area contributed by atoms with Gasteiger partial charge in [0.2, 0.25) is 0 Å². The fourth-order valence-corrected chi connectivity index (χ4v) is 4.55. The fourth-order valence-electron chi connectivity index (χ4n) is 4.55. The molecule has 2 heterocycles. The zero-order chi connectivity index (χ0) is 22.5. The summed E-state index contributed by atoms with van der Waals surface area (Å²) in [7, 11) is 1.58. The fraction of sp³-hybridized carbons (Fsp3) is 0.0690. The highest BCUT2D eigenvalue weighted by Gasteiger charge is 2.18. The van der Waals surface area contributed by atoms with Crippen LogP contribution < -0.4 is 10.4 Å². The lowest BCUT2D eigenvalue weighted by Crippen LogP contribution is -2.01. The molecule has 0 saturated carbocycles. The lowest BCUT2D eigenvalue weighted by molar-refractivity contribution is 0.415. The Bertz CT molecular complexity index is 1710. The second-order valence-electron chi connectivity index (χ2n) is 8.15. The van der Waals surface area contributed by atoms with Gasteiger partial charge in [-0.1, -0.05) is 54.6 Å². The Balaban J connectivity index is 1.57. The number of fused-ring (bicyclic) bond motifs is 4. The molecule has 0 aliphatic rings. The largest absolute Gasteiger partial charge is 0.497 e. The van der Waals surface area contributed by atoms with Crippen molar-refractivity contribution in [3.05, 3.63) is 101 Å².